The van der Waals surface area contributed by atoms with Crippen LogP contribution in [0.3, 0.4) is 0 Å². The van der Waals surface area contributed by atoms with Gasteiger partial charge in [-0.25, -0.2) is 0 Å². The lowest BCUT2D eigenvalue weighted by Crippen LogP contribution is -2.36. The van der Waals surface area contributed by atoms with Crippen molar-refractivity contribution in [3.8, 4) is 0 Å². The van der Waals surface area contributed by atoms with Crippen molar-refractivity contribution in [3.05, 3.63) is 46.2 Å². The normalized spacial score (nSPS) is 15.3. The molecule has 0 atom stereocenters. The van der Waals surface area contributed by atoms with Gasteiger partial charge >= 0.3 is 0 Å². The van der Waals surface area contributed by atoms with Crippen LogP contribution in [0.1, 0.15) is 9.75 Å². The highest BCUT2D eigenvalue weighted by molar-refractivity contribution is 7.11. The summed E-state index contributed by atoms with van der Waals surface area (Å²) in [6.45, 7) is 6.68. The van der Waals surface area contributed by atoms with Crippen LogP contribution in [0, 0.1) is 6.92 Å². The largest absolute Gasteiger partial charge is 0.380 e. The van der Waals surface area contributed by atoms with Crippen LogP contribution >= 0.6 is 11.3 Å². The van der Waals surface area contributed by atoms with Gasteiger partial charge in [-0.2, -0.15) is 0 Å². The molecule has 2 heterocycles. The Balaban J connectivity index is 1.58. The van der Waals surface area contributed by atoms with E-state index in [1.165, 1.54) is 21.1 Å². The van der Waals surface area contributed by atoms with Crippen molar-refractivity contribution < 1.29 is 4.74 Å². The number of hydrogen-bond donors (Lipinski definition) is 1. The van der Waals surface area contributed by atoms with Gasteiger partial charge in [0, 0.05) is 40.8 Å². The number of benzene rings is 1. The lowest BCUT2D eigenvalue weighted by atomic mass is 10.2. The molecular weight excluding hydrogens is 268 g/mol. The predicted octanol–water partition coefficient (Wildman–Crippen LogP) is 3.51. The number of nitrogens with zero attached hydrogens (tertiary/aromatic N) is 1. The van der Waals surface area contributed by atoms with Gasteiger partial charge in [-0.05, 0) is 43.3 Å². The van der Waals surface area contributed by atoms with Gasteiger partial charge in [0.05, 0.1) is 13.2 Å². The maximum atomic E-state index is 5.38. The molecule has 1 N–H and O–H groups in total. The molecule has 3 rings (SSSR count). The molecular formula is C16H20N2OS. The minimum atomic E-state index is 0.831. The van der Waals surface area contributed by atoms with E-state index in [1.807, 2.05) is 11.3 Å². The van der Waals surface area contributed by atoms with E-state index in [0.717, 1.165) is 32.8 Å². The van der Waals surface area contributed by atoms with Gasteiger partial charge in [0.1, 0.15) is 0 Å². The fourth-order valence-corrected chi connectivity index (χ4v) is 3.21. The van der Waals surface area contributed by atoms with Crippen LogP contribution in [-0.2, 0) is 11.3 Å². The second-order valence-corrected chi connectivity index (χ2v) is 6.38. The Kier molecular flexibility index (Phi) is 4.23. The van der Waals surface area contributed by atoms with Crippen LogP contribution in [0.15, 0.2) is 36.4 Å². The maximum Gasteiger partial charge on any atom is 0.0642 e. The number of rotatable bonds is 4. The molecule has 0 radical (unpaired) electrons. The average Bonchev–Trinajstić information content (AvgIpc) is 2.92. The van der Waals surface area contributed by atoms with Gasteiger partial charge in [-0.1, -0.05) is 0 Å². The van der Waals surface area contributed by atoms with Crippen molar-refractivity contribution in [3.63, 3.8) is 0 Å². The zero-order valence-corrected chi connectivity index (χ0v) is 12.6. The van der Waals surface area contributed by atoms with Crippen LogP contribution in [0.25, 0.3) is 0 Å². The number of ether oxygens (including phenoxy) is 1. The van der Waals surface area contributed by atoms with Gasteiger partial charge < -0.3 is 15.0 Å². The van der Waals surface area contributed by atoms with Gasteiger partial charge in [0.15, 0.2) is 0 Å². The first-order chi connectivity index (χ1) is 9.81. The van der Waals surface area contributed by atoms with E-state index < -0.39 is 0 Å². The van der Waals surface area contributed by atoms with Crippen LogP contribution in [-0.4, -0.2) is 26.3 Å². The molecule has 2 aromatic rings. The summed E-state index contributed by atoms with van der Waals surface area (Å²) >= 11 is 1.85. The fraction of sp³-hybridized carbons (Fsp3) is 0.375. The SMILES string of the molecule is Cc1ccc(CNc2ccc(N3CCOCC3)cc2)s1. The third-order valence-corrected chi connectivity index (χ3v) is 4.51. The molecule has 0 unspecified atom stereocenters. The fourth-order valence-electron chi connectivity index (χ4n) is 2.38. The first-order valence-corrected chi connectivity index (χ1v) is 7.85. The highest BCUT2D eigenvalue weighted by atomic mass is 32.1. The van der Waals surface area contributed by atoms with Crippen molar-refractivity contribution in [1.82, 2.24) is 0 Å². The molecule has 4 heteroatoms. The summed E-state index contributed by atoms with van der Waals surface area (Å²) in [7, 11) is 0. The average molecular weight is 288 g/mol. The van der Waals surface area contributed by atoms with Crippen molar-refractivity contribution in [2.75, 3.05) is 36.5 Å². The summed E-state index contributed by atoms with van der Waals surface area (Å²) in [6, 6.07) is 13.1. The van der Waals surface area contributed by atoms with Crippen molar-refractivity contribution in [2.45, 2.75) is 13.5 Å². The second kappa shape index (κ2) is 6.29. The lowest BCUT2D eigenvalue weighted by Gasteiger charge is -2.28. The van der Waals surface area contributed by atoms with E-state index in [-0.39, 0.29) is 0 Å². The number of aryl methyl sites for hydroxylation is 1. The Labute approximate surface area is 124 Å². The molecule has 0 spiro atoms. The van der Waals surface area contributed by atoms with E-state index >= 15 is 0 Å². The Hall–Kier alpha value is -1.52. The molecule has 0 bridgehead atoms. The zero-order valence-electron chi connectivity index (χ0n) is 11.8. The Bertz CT molecular complexity index is 544. The van der Waals surface area contributed by atoms with Crippen LogP contribution < -0.4 is 10.2 Å². The Morgan fingerprint density at radius 1 is 1.10 bits per heavy atom. The number of thiophene rings is 1. The predicted molar refractivity (Wildman–Crippen MR) is 85.9 cm³/mol. The molecule has 20 heavy (non-hydrogen) atoms. The van der Waals surface area contributed by atoms with Gasteiger partial charge in [0.25, 0.3) is 0 Å². The van der Waals surface area contributed by atoms with Crippen molar-refractivity contribution in [2.24, 2.45) is 0 Å². The molecule has 1 aliphatic rings. The lowest BCUT2D eigenvalue weighted by molar-refractivity contribution is 0.122. The highest BCUT2D eigenvalue weighted by Crippen LogP contribution is 2.21. The van der Waals surface area contributed by atoms with Crippen molar-refractivity contribution >= 4 is 22.7 Å². The molecule has 1 aromatic heterocycles. The topological polar surface area (TPSA) is 24.5 Å². The number of anilines is 2. The Morgan fingerprint density at radius 2 is 1.85 bits per heavy atom. The number of hydrogen-bond acceptors (Lipinski definition) is 4. The number of nitrogens with one attached hydrogen (secondary N) is 1. The van der Waals surface area contributed by atoms with Gasteiger partial charge in [-0.3, -0.25) is 0 Å². The first kappa shape index (κ1) is 13.5. The summed E-state index contributed by atoms with van der Waals surface area (Å²) in [6.07, 6.45) is 0. The highest BCUT2D eigenvalue weighted by Gasteiger charge is 2.10. The minimum absolute atomic E-state index is 0.831. The molecule has 1 aromatic carbocycles. The summed E-state index contributed by atoms with van der Waals surface area (Å²) in [5.74, 6) is 0. The zero-order chi connectivity index (χ0) is 13.8. The van der Waals surface area contributed by atoms with Crippen LogP contribution in [0.2, 0.25) is 0 Å². The van der Waals surface area contributed by atoms with Crippen molar-refractivity contribution in [1.29, 1.82) is 0 Å². The van der Waals surface area contributed by atoms with Gasteiger partial charge in [0.2, 0.25) is 0 Å². The van der Waals surface area contributed by atoms with Crippen LogP contribution in [0.4, 0.5) is 11.4 Å². The molecule has 0 amide bonds. The monoisotopic (exact) mass is 288 g/mol. The maximum absolute atomic E-state index is 5.38. The molecule has 106 valence electrons. The summed E-state index contributed by atoms with van der Waals surface area (Å²) in [5.41, 5.74) is 2.46. The number of morpholine rings is 1. The van der Waals surface area contributed by atoms with Gasteiger partial charge in [-0.15, -0.1) is 11.3 Å². The van der Waals surface area contributed by atoms with E-state index in [4.69, 9.17) is 4.74 Å². The summed E-state index contributed by atoms with van der Waals surface area (Å²) in [4.78, 5) is 5.11. The Morgan fingerprint density at radius 3 is 2.50 bits per heavy atom. The second-order valence-electron chi connectivity index (χ2n) is 5.01. The minimum Gasteiger partial charge on any atom is -0.380 e. The third-order valence-electron chi connectivity index (χ3n) is 3.51. The molecule has 1 fully saturated rings. The quantitative estimate of drug-likeness (QED) is 0.932. The van der Waals surface area contributed by atoms with Crippen LogP contribution in [0.5, 0.6) is 0 Å². The first-order valence-electron chi connectivity index (χ1n) is 7.03. The standard InChI is InChI=1S/C16H20N2OS/c1-13-2-7-16(20-13)12-17-14-3-5-15(6-4-14)18-8-10-19-11-9-18/h2-7,17H,8-12H2,1H3. The van der Waals surface area contributed by atoms with E-state index in [0.29, 0.717) is 0 Å². The molecule has 1 saturated heterocycles. The molecule has 0 saturated carbocycles. The summed E-state index contributed by atoms with van der Waals surface area (Å²) < 4.78 is 5.38. The molecule has 0 aliphatic carbocycles. The third kappa shape index (κ3) is 3.32. The molecule has 3 nitrogen and oxygen atoms in total. The van der Waals surface area contributed by atoms with E-state index in [2.05, 4.69) is 53.5 Å². The van der Waals surface area contributed by atoms with E-state index in [9.17, 15) is 0 Å². The smallest absolute Gasteiger partial charge is 0.0642 e. The van der Waals surface area contributed by atoms with E-state index in [1.54, 1.807) is 0 Å². The molecule has 1 aliphatic heterocycles. The summed E-state index contributed by atoms with van der Waals surface area (Å²) in [5, 5.41) is 3.47.